The molecule has 0 aliphatic heterocycles. The van der Waals surface area contributed by atoms with Gasteiger partial charge in [-0.1, -0.05) is 0 Å². The number of benzene rings is 1. The lowest BCUT2D eigenvalue weighted by molar-refractivity contribution is 0.0869. The monoisotopic (exact) mass is 224 g/mol. The molecule has 0 radical (unpaired) electrons. The maximum atomic E-state index is 11.7. The Balaban J connectivity index is 2.85. The first-order valence-corrected chi connectivity index (χ1v) is 4.87. The summed E-state index contributed by atoms with van der Waals surface area (Å²) in [7, 11) is 0. The molecule has 0 aliphatic rings. The predicted octanol–water partition coefficient (Wildman–Crippen LogP) is 0.475. The lowest BCUT2D eigenvalue weighted by Crippen LogP contribution is -2.46. The Morgan fingerprint density at radius 2 is 2.12 bits per heavy atom. The molecule has 1 rings (SSSR count). The zero-order valence-electron chi connectivity index (χ0n) is 9.32. The SMILES string of the molecule is CC(C)(CO)NC(=O)c1ccc(N)c(O)c1. The van der Waals surface area contributed by atoms with Crippen LogP contribution < -0.4 is 11.1 Å². The minimum atomic E-state index is -0.700. The molecule has 5 N–H and O–H groups in total. The Morgan fingerprint density at radius 3 is 2.62 bits per heavy atom. The molecule has 0 unspecified atom stereocenters. The fourth-order valence-electron chi connectivity index (χ4n) is 1.10. The molecule has 0 aliphatic carbocycles. The fraction of sp³-hybridized carbons (Fsp3) is 0.364. The minimum absolute atomic E-state index is 0.130. The van der Waals surface area contributed by atoms with Crippen molar-refractivity contribution in [2.45, 2.75) is 19.4 Å². The van der Waals surface area contributed by atoms with Crippen molar-refractivity contribution in [3.05, 3.63) is 23.8 Å². The Labute approximate surface area is 93.9 Å². The zero-order valence-corrected chi connectivity index (χ0v) is 9.32. The number of anilines is 1. The van der Waals surface area contributed by atoms with Gasteiger partial charge in [0.05, 0.1) is 17.8 Å². The number of hydrogen-bond donors (Lipinski definition) is 4. The normalized spacial score (nSPS) is 11.2. The summed E-state index contributed by atoms with van der Waals surface area (Å²) in [5.74, 6) is -0.496. The maximum Gasteiger partial charge on any atom is 0.251 e. The van der Waals surface area contributed by atoms with Gasteiger partial charge in [0.1, 0.15) is 5.75 Å². The lowest BCUT2D eigenvalue weighted by atomic mass is 10.1. The van der Waals surface area contributed by atoms with Gasteiger partial charge >= 0.3 is 0 Å². The van der Waals surface area contributed by atoms with Gasteiger partial charge in [-0.2, -0.15) is 0 Å². The molecule has 0 spiro atoms. The van der Waals surface area contributed by atoms with Crippen LogP contribution in [-0.4, -0.2) is 28.3 Å². The van der Waals surface area contributed by atoms with E-state index >= 15 is 0 Å². The van der Waals surface area contributed by atoms with E-state index < -0.39 is 5.54 Å². The summed E-state index contributed by atoms with van der Waals surface area (Å²) in [6.45, 7) is 3.23. The summed E-state index contributed by atoms with van der Waals surface area (Å²) in [5, 5.41) is 21.0. The summed E-state index contributed by atoms with van der Waals surface area (Å²) in [4.78, 5) is 11.7. The molecular weight excluding hydrogens is 208 g/mol. The van der Waals surface area contributed by atoms with Crippen LogP contribution in [0.4, 0.5) is 5.69 Å². The molecule has 1 aromatic carbocycles. The Bertz CT molecular complexity index is 402. The number of rotatable bonds is 3. The molecule has 0 aromatic heterocycles. The molecule has 0 saturated heterocycles. The zero-order chi connectivity index (χ0) is 12.3. The number of carbonyl (C=O) groups is 1. The molecule has 5 heteroatoms. The van der Waals surface area contributed by atoms with E-state index in [4.69, 9.17) is 10.8 Å². The third kappa shape index (κ3) is 2.87. The van der Waals surface area contributed by atoms with Crippen LogP contribution in [-0.2, 0) is 0 Å². The summed E-state index contributed by atoms with van der Waals surface area (Å²) < 4.78 is 0. The Kier molecular flexibility index (Phi) is 3.39. The van der Waals surface area contributed by atoms with Crippen LogP contribution in [0.2, 0.25) is 0 Å². The van der Waals surface area contributed by atoms with Crippen LogP contribution in [0.3, 0.4) is 0 Å². The Morgan fingerprint density at radius 1 is 1.50 bits per heavy atom. The second kappa shape index (κ2) is 4.40. The highest BCUT2D eigenvalue weighted by molar-refractivity contribution is 5.95. The van der Waals surface area contributed by atoms with Crippen molar-refractivity contribution in [1.82, 2.24) is 5.32 Å². The van der Waals surface area contributed by atoms with E-state index in [0.29, 0.717) is 5.56 Å². The maximum absolute atomic E-state index is 11.7. The second-order valence-electron chi connectivity index (χ2n) is 4.27. The average molecular weight is 224 g/mol. The molecule has 0 bridgehead atoms. The summed E-state index contributed by atoms with van der Waals surface area (Å²) in [6, 6.07) is 4.26. The average Bonchev–Trinajstić information content (AvgIpc) is 2.21. The molecule has 0 fully saturated rings. The molecule has 5 nitrogen and oxygen atoms in total. The number of phenols is 1. The van der Waals surface area contributed by atoms with E-state index in [1.807, 2.05) is 0 Å². The van der Waals surface area contributed by atoms with Gasteiger partial charge in [0.15, 0.2) is 0 Å². The van der Waals surface area contributed by atoms with Gasteiger partial charge in [-0.15, -0.1) is 0 Å². The number of hydrogen-bond acceptors (Lipinski definition) is 4. The third-order valence-corrected chi connectivity index (χ3v) is 2.14. The van der Waals surface area contributed by atoms with Crippen LogP contribution in [0.25, 0.3) is 0 Å². The van der Waals surface area contributed by atoms with Gasteiger partial charge in [-0.3, -0.25) is 4.79 Å². The minimum Gasteiger partial charge on any atom is -0.506 e. The van der Waals surface area contributed by atoms with Crippen molar-refractivity contribution in [3.63, 3.8) is 0 Å². The largest absolute Gasteiger partial charge is 0.506 e. The molecule has 0 atom stereocenters. The molecule has 0 saturated carbocycles. The summed E-state index contributed by atoms with van der Waals surface area (Å²) in [5.41, 5.74) is 5.24. The van der Waals surface area contributed by atoms with Gasteiger partial charge in [0.25, 0.3) is 5.91 Å². The number of amides is 1. The van der Waals surface area contributed by atoms with Crippen LogP contribution in [0.1, 0.15) is 24.2 Å². The number of nitrogen functional groups attached to an aromatic ring is 1. The van der Waals surface area contributed by atoms with E-state index in [2.05, 4.69) is 5.32 Å². The third-order valence-electron chi connectivity index (χ3n) is 2.14. The van der Waals surface area contributed by atoms with Crippen molar-refractivity contribution in [2.75, 3.05) is 12.3 Å². The number of aromatic hydroxyl groups is 1. The van der Waals surface area contributed by atoms with Crippen LogP contribution in [0.15, 0.2) is 18.2 Å². The number of phenolic OH excluding ortho intramolecular Hbond substituents is 1. The molecule has 16 heavy (non-hydrogen) atoms. The van der Waals surface area contributed by atoms with E-state index in [1.165, 1.54) is 18.2 Å². The van der Waals surface area contributed by atoms with Crippen molar-refractivity contribution in [2.24, 2.45) is 0 Å². The summed E-state index contributed by atoms with van der Waals surface area (Å²) in [6.07, 6.45) is 0. The molecular formula is C11H16N2O3. The molecule has 1 aromatic rings. The predicted molar refractivity (Wildman–Crippen MR) is 61.2 cm³/mol. The number of nitrogens with two attached hydrogens (primary N) is 1. The van der Waals surface area contributed by atoms with Gasteiger partial charge in [0, 0.05) is 5.56 Å². The van der Waals surface area contributed by atoms with Crippen LogP contribution in [0, 0.1) is 0 Å². The van der Waals surface area contributed by atoms with Crippen LogP contribution >= 0.6 is 0 Å². The van der Waals surface area contributed by atoms with Crippen molar-refractivity contribution in [3.8, 4) is 5.75 Å². The number of aliphatic hydroxyl groups is 1. The van der Waals surface area contributed by atoms with Gasteiger partial charge in [-0.05, 0) is 32.0 Å². The number of nitrogens with one attached hydrogen (secondary N) is 1. The molecule has 88 valence electrons. The van der Waals surface area contributed by atoms with Crippen molar-refractivity contribution < 1.29 is 15.0 Å². The first-order valence-electron chi connectivity index (χ1n) is 4.87. The van der Waals surface area contributed by atoms with Gasteiger partial charge in [-0.25, -0.2) is 0 Å². The van der Waals surface area contributed by atoms with Crippen molar-refractivity contribution >= 4 is 11.6 Å². The number of carbonyl (C=O) groups excluding carboxylic acids is 1. The van der Waals surface area contributed by atoms with Gasteiger partial charge < -0.3 is 21.3 Å². The second-order valence-corrected chi connectivity index (χ2v) is 4.27. The first kappa shape index (κ1) is 12.3. The van der Waals surface area contributed by atoms with E-state index in [9.17, 15) is 9.90 Å². The molecule has 1 amide bonds. The van der Waals surface area contributed by atoms with E-state index in [-0.39, 0.29) is 24.0 Å². The first-order chi connectivity index (χ1) is 7.35. The van der Waals surface area contributed by atoms with E-state index in [1.54, 1.807) is 13.8 Å². The van der Waals surface area contributed by atoms with E-state index in [0.717, 1.165) is 0 Å². The van der Waals surface area contributed by atoms with Crippen LogP contribution in [0.5, 0.6) is 5.75 Å². The highest BCUT2D eigenvalue weighted by Crippen LogP contribution is 2.20. The quantitative estimate of drug-likeness (QED) is 0.443. The fourth-order valence-corrected chi connectivity index (χ4v) is 1.10. The highest BCUT2D eigenvalue weighted by atomic mass is 16.3. The highest BCUT2D eigenvalue weighted by Gasteiger charge is 2.20. The lowest BCUT2D eigenvalue weighted by Gasteiger charge is -2.23. The number of aliphatic hydroxyl groups excluding tert-OH is 1. The topological polar surface area (TPSA) is 95.6 Å². The van der Waals surface area contributed by atoms with Gasteiger partial charge in [0.2, 0.25) is 0 Å². The smallest absolute Gasteiger partial charge is 0.251 e. The molecule has 0 heterocycles. The van der Waals surface area contributed by atoms with Crippen molar-refractivity contribution in [1.29, 1.82) is 0 Å². The standard InChI is InChI=1S/C11H16N2O3/c1-11(2,6-14)13-10(16)7-3-4-8(12)9(15)5-7/h3-5,14-15H,6,12H2,1-2H3,(H,13,16). The Hall–Kier alpha value is -1.75. The summed E-state index contributed by atoms with van der Waals surface area (Å²) >= 11 is 0.